The zero-order valence-electron chi connectivity index (χ0n) is 13.0. The summed E-state index contributed by atoms with van der Waals surface area (Å²) >= 11 is 19.0. The molecule has 9 heteroatoms. The van der Waals surface area contributed by atoms with Gasteiger partial charge in [0.1, 0.15) is 0 Å². The van der Waals surface area contributed by atoms with Gasteiger partial charge in [-0.15, -0.1) is 11.8 Å². The SMILES string of the molecule is CC(OC(=O)CSc1cc(Cl)ccc1Cl)C(=O)Nc1cccnc1Cl. The number of nitrogens with one attached hydrogen (secondary N) is 1. The molecule has 25 heavy (non-hydrogen) atoms. The van der Waals surface area contributed by atoms with Crippen LogP contribution in [0.2, 0.25) is 15.2 Å². The van der Waals surface area contributed by atoms with Crippen LogP contribution in [0.4, 0.5) is 5.69 Å². The van der Waals surface area contributed by atoms with Gasteiger partial charge in [0.25, 0.3) is 5.91 Å². The highest BCUT2D eigenvalue weighted by molar-refractivity contribution is 8.00. The van der Waals surface area contributed by atoms with E-state index in [-0.39, 0.29) is 10.9 Å². The third kappa shape index (κ3) is 6.08. The smallest absolute Gasteiger partial charge is 0.317 e. The third-order valence-corrected chi connectivity index (χ3v) is 4.94. The Bertz CT molecular complexity index is 789. The molecule has 132 valence electrons. The molecule has 1 amide bonds. The van der Waals surface area contributed by atoms with Crippen molar-refractivity contribution in [2.24, 2.45) is 0 Å². The second-order valence-corrected chi connectivity index (χ2v) is 7.05. The molecule has 0 saturated carbocycles. The summed E-state index contributed by atoms with van der Waals surface area (Å²) in [6, 6.07) is 8.18. The quantitative estimate of drug-likeness (QED) is 0.417. The fraction of sp³-hybridized carbons (Fsp3) is 0.188. The molecule has 0 radical (unpaired) electrons. The Balaban J connectivity index is 1.86. The van der Waals surface area contributed by atoms with Gasteiger partial charge < -0.3 is 10.1 Å². The Kier molecular flexibility index (Phi) is 7.38. The van der Waals surface area contributed by atoms with Crippen LogP contribution in [0, 0.1) is 0 Å². The third-order valence-electron chi connectivity index (χ3n) is 2.93. The maximum atomic E-state index is 12.1. The summed E-state index contributed by atoms with van der Waals surface area (Å²) in [7, 11) is 0. The van der Waals surface area contributed by atoms with Gasteiger partial charge in [-0.2, -0.15) is 0 Å². The number of nitrogens with zero attached hydrogens (tertiary/aromatic N) is 1. The minimum atomic E-state index is -0.987. The Morgan fingerprint density at radius 2 is 2.04 bits per heavy atom. The van der Waals surface area contributed by atoms with Gasteiger partial charge in [0.2, 0.25) is 0 Å². The Morgan fingerprint density at radius 3 is 2.76 bits per heavy atom. The van der Waals surface area contributed by atoms with Gasteiger partial charge in [-0.05, 0) is 37.3 Å². The molecule has 2 rings (SSSR count). The normalized spacial score (nSPS) is 11.7. The standard InChI is InChI=1S/C16H13Cl3N2O3S/c1-9(16(23)21-12-3-2-6-20-15(12)19)24-14(22)8-25-13-7-10(17)4-5-11(13)18/h2-7,9H,8H2,1H3,(H,21,23). The highest BCUT2D eigenvalue weighted by atomic mass is 35.5. The van der Waals surface area contributed by atoms with Crippen molar-refractivity contribution in [1.29, 1.82) is 0 Å². The number of esters is 1. The summed E-state index contributed by atoms with van der Waals surface area (Å²) in [5, 5.41) is 3.70. The van der Waals surface area contributed by atoms with Gasteiger partial charge in [-0.25, -0.2) is 4.98 Å². The van der Waals surface area contributed by atoms with Gasteiger partial charge in [0.05, 0.1) is 16.5 Å². The first-order valence-electron chi connectivity index (χ1n) is 7.05. The summed E-state index contributed by atoms with van der Waals surface area (Å²) < 4.78 is 5.10. The van der Waals surface area contributed by atoms with E-state index in [9.17, 15) is 9.59 Å². The van der Waals surface area contributed by atoms with E-state index < -0.39 is 18.0 Å². The van der Waals surface area contributed by atoms with Crippen LogP contribution in [-0.4, -0.2) is 28.7 Å². The fourth-order valence-corrected chi connectivity index (χ4v) is 3.17. The van der Waals surface area contributed by atoms with Crippen molar-refractivity contribution in [2.75, 3.05) is 11.1 Å². The van der Waals surface area contributed by atoms with Gasteiger partial charge in [-0.3, -0.25) is 9.59 Å². The van der Waals surface area contributed by atoms with Crippen LogP contribution >= 0.6 is 46.6 Å². The van der Waals surface area contributed by atoms with E-state index in [1.165, 1.54) is 24.9 Å². The Hall–Kier alpha value is -1.47. The van der Waals surface area contributed by atoms with E-state index in [2.05, 4.69) is 10.3 Å². The van der Waals surface area contributed by atoms with Crippen LogP contribution in [0.15, 0.2) is 41.4 Å². The lowest BCUT2D eigenvalue weighted by molar-refractivity contribution is -0.150. The zero-order chi connectivity index (χ0) is 18.4. The highest BCUT2D eigenvalue weighted by Gasteiger charge is 2.19. The predicted molar refractivity (Wildman–Crippen MR) is 101 cm³/mol. The second kappa shape index (κ2) is 9.29. The molecule has 0 fully saturated rings. The van der Waals surface area contributed by atoms with Crippen molar-refractivity contribution in [2.45, 2.75) is 17.9 Å². The summed E-state index contributed by atoms with van der Waals surface area (Å²) in [4.78, 5) is 28.5. The molecule has 0 aliphatic heterocycles. The monoisotopic (exact) mass is 418 g/mol. The van der Waals surface area contributed by atoms with Crippen molar-refractivity contribution >= 4 is 64.1 Å². The molecule has 1 aromatic heterocycles. The van der Waals surface area contributed by atoms with E-state index in [4.69, 9.17) is 39.5 Å². The second-order valence-electron chi connectivity index (χ2n) is 4.83. The molecule has 2 aromatic rings. The molecule has 0 saturated heterocycles. The first-order chi connectivity index (χ1) is 11.9. The molecule has 0 spiro atoms. The Labute approximate surface area is 164 Å². The number of pyridine rings is 1. The maximum absolute atomic E-state index is 12.1. The number of rotatable bonds is 6. The number of anilines is 1. The average molecular weight is 420 g/mol. The number of hydrogen-bond donors (Lipinski definition) is 1. The number of aromatic nitrogens is 1. The van der Waals surface area contributed by atoms with Gasteiger partial charge in [0.15, 0.2) is 11.3 Å². The number of halogens is 3. The number of thioether (sulfide) groups is 1. The predicted octanol–water partition coefficient (Wildman–Crippen LogP) is 4.70. The number of carbonyl (C=O) groups excluding carboxylic acids is 2. The molecule has 0 bridgehead atoms. The van der Waals surface area contributed by atoms with Crippen LogP contribution in [0.5, 0.6) is 0 Å². The lowest BCUT2D eigenvalue weighted by atomic mass is 10.3. The summed E-state index contributed by atoms with van der Waals surface area (Å²) in [6.07, 6.45) is 0.513. The summed E-state index contributed by atoms with van der Waals surface area (Å²) in [6.45, 7) is 1.47. The molecule has 5 nitrogen and oxygen atoms in total. The maximum Gasteiger partial charge on any atom is 0.317 e. The largest absolute Gasteiger partial charge is 0.452 e. The van der Waals surface area contributed by atoms with E-state index in [0.717, 1.165) is 0 Å². The molecular weight excluding hydrogens is 407 g/mol. The van der Waals surface area contributed by atoms with E-state index >= 15 is 0 Å². The molecule has 0 aliphatic carbocycles. The first kappa shape index (κ1) is 19.8. The van der Waals surface area contributed by atoms with Crippen LogP contribution in [0.1, 0.15) is 6.92 Å². The molecule has 1 heterocycles. The lowest BCUT2D eigenvalue weighted by Crippen LogP contribution is -2.30. The van der Waals surface area contributed by atoms with E-state index in [1.807, 2.05) is 0 Å². The number of carbonyl (C=O) groups is 2. The van der Waals surface area contributed by atoms with Crippen molar-refractivity contribution in [1.82, 2.24) is 4.98 Å². The van der Waals surface area contributed by atoms with Crippen LogP contribution < -0.4 is 5.32 Å². The lowest BCUT2D eigenvalue weighted by Gasteiger charge is -2.14. The minimum Gasteiger partial charge on any atom is -0.452 e. The van der Waals surface area contributed by atoms with Gasteiger partial charge >= 0.3 is 5.97 Å². The molecule has 1 atom stereocenters. The van der Waals surface area contributed by atoms with Gasteiger partial charge in [-0.1, -0.05) is 34.8 Å². The van der Waals surface area contributed by atoms with E-state index in [0.29, 0.717) is 20.6 Å². The fourth-order valence-electron chi connectivity index (χ4n) is 1.72. The molecule has 1 N–H and O–H groups in total. The van der Waals surface area contributed by atoms with Gasteiger partial charge in [0, 0.05) is 16.1 Å². The van der Waals surface area contributed by atoms with Crippen molar-refractivity contribution in [3.05, 3.63) is 51.7 Å². The van der Waals surface area contributed by atoms with E-state index in [1.54, 1.807) is 30.3 Å². The number of benzene rings is 1. The highest BCUT2D eigenvalue weighted by Crippen LogP contribution is 2.30. The van der Waals surface area contributed by atoms with Crippen molar-refractivity contribution in [3.63, 3.8) is 0 Å². The summed E-state index contributed by atoms with van der Waals surface area (Å²) in [5.41, 5.74) is 0.345. The molecule has 1 unspecified atom stereocenters. The van der Waals surface area contributed by atoms with Crippen molar-refractivity contribution in [3.8, 4) is 0 Å². The molecule has 1 aromatic carbocycles. The molecular formula is C16H13Cl3N2O3S. The minimum absolute atomic E-state index is 0.00860. The van der Waals surface area contributed by atoms with Crippen molar-refractivity contribution < 1.29 is 14.3 Å². The summed E-state index contributed by atoms with van der Waals surface area (Å²) in [5.74, 6) is -1.07. The number of amides is 1. The molecule has 0 aliphatic rings. The van der Waals surface area contributed by atoms with Crippen LogP contribution in [0.3, 0.4) is 0 Å². The van der Waals surface area contributed by atoms with Crippen LogP contribution in [0.25, 0.3) is 0 Å². The average Bonchev–Trinajstić information content (AvgIpc) is 2.57. The topological polar surface area (TPSA) is 68.3 Å². The van der Waals surface area contributed by atoms with Crippen LogP contribution in [-0.2, 0) is 14.3 Å². The zero-order valence-corrected chi connectivity index (χ0v) is 16.0. The first-order valence-corrected chi connectivity index (χ1v) is 9.17. The number of hydrogen-bond acceptors (Lipinski definition) is 5. The Morgan fingerprint density at radius 1 is 1.28 bits per heavy atom. The number of ether oxygens (including phenoxy) is 1.